The Morgan fingerprint density at radius 3 is 2.70 bits per heavy atom. The Balaban J connectivity index is 2.39. The predicted octanol–water partition coefficient (Wildman–Crippen LogP) is 1.54. The summed E-state index contributed by atoms with van der Waals surface area (Å²) in [5.74, 6) is -0.943. The summed E-state index contributed by atoms with van der Waals surface area (Å²) in [6.07, 6.45) is 1.08. The third kappa shape index (κ3) is 2.85. The molecule has 0 saturated heterocycles. The number of sulfone groups is 1. The van der Waals surface area contributed by atoms with Crippen molar-refractivity contribution in [1.82, 2.24) is 10.1 Å². The molecule has 0 bridgehead atoms. The van der Waals surface area contributed by atoms with E-state index in [-0.39, 0.29) is 17.3 Å². The number of hydrogen-bond donors (Lipinski definition) is 1. The molecule has 1 aromatic carbocycles. The van der Waals surface area contributed by atoms with Gasteiger partial charge < -0.3 is 9.63 Å². The minimum absolute atomic E-state index is 0.0248. The van der Waals surface area contributed by atoms with Crippen LogP contribution in [0.2, 0.25) is 0 Å². The standard InChI is InChI=1S/C12H12N2O5S/c1-7(20(2,17)18)11-13-10(14-19-11)8-4-3-5-9(6-8)12(15)16/h3-7H,1-2H3,(H,15,16). The highest BCUT2D eigenvalue weighted by molar-refractivity contribution is 7.90. The van der Waals surface area contributed by atoms with Crippen molar-refractivity contribution in [1.29, 1.82) is 0 Å². The minimum Gasteiger partial charge on any atom is -0.478 e. The van der Waals surface area contributed by atoms with E-state index in [9.17, 15) is 13.2 Å². The van der Waals surface area contributed by atoms with Crippen LogP contribution in [0.3, 0.4) is 0 Å². The number of hydrogen-bond acceptors (Lipinski definition) is 6. The fraction of sp³-hybridized carbons (Fsp3) is 0.250. The molecular weight excluding hydrogens is 284 g/mol. The molecular formula is C12H12N2O5S. The smallest absolute Gasteiger partial charge is 0.335 e. The van der Waals surface area contributed by atoms with Crippen LogP contribution in [0.25, 0.3) is 11.4 Å². The van der Waals surface area contributed by atoms with Crippen molar-refractivity contribution >= 4 is 15.8 Å². The SMILES string of the molecule is CC(c1nc(-c2cccc(C(=O)O)c2)no1)S(C)(=O)=O. The molecule has 0 aliphatic rings. The van der Waals surface area contributed by atoms with Gasteiger partial charge >= 0.3 is 5.97 Å². The maximum absolute atomic E-state index is 11.4. The zero-order chi connectivity index (χ0) is 14.9. The van der Waals surface area contributed by atoms with Gasteiger partial charge in [-0.3, -0.25) is 0 Å². The van der Waals surface area contributed by atoms with Gasteiger partial charge in [0.2, 0.25) is 11.7 Å². The normalized spacial score (nSPS) is 13.1. The Morgan fingerprint density at radius 2 is 2.10 bits per heavy atom. The fourth-order valence-electron chi connectivity index (χ4n) is 1.49. The number of aromatic carboxylic acids is 1. The lowest BCUT2D eigenvalue weighted by atomic mass is 10.1. The van der Waals surface area contributed by atoms with E-state index < -0.39 is 21.1 Å². The van der Waals surface area contributed by atoms with E-state index >= 15 is 0 Å². The van der Waals surface area contributed by atoms with Gasteiger partial charge in [0, 0.05) is 11.8 Å². The van der Waals surface area contributed by atoms with E-state index in [4.69, 9.17) is 9.63 Å². The lowest BCUT2D eigenvalue weighted by molar-refractivity contribution is 0.0697. The number of nitrogens with zero attached hydrogens (tertiary/aromatic N) is 2. The molecule has 0 fully saturated rings. The number of carbonyl (C=O) groups is 1. The van der Waals surface area contributed by atoms with Crippen molar-refractivity contribution in [3.8, 4) is 11.4 Å². The van der Waals surface area contributed by atoms with Gasteiger partial charge in [0.1, 0.15) is 5.25 Å². The van der Waals surface area contributed by atoms with E-state index in [0.717, 1.165) is 6.26 Å². The highest BCUT2D eigenvalue weighted by Gasteiger charge is 2.24. The van der Waals surface area contributed by atoms with Gasteiger partial charge in [-0.15, -0.1) is 0 Å². The molecule has 0 radical (unpaired) electrons. The first-order valence-corrected chi connectivity index (χ1v) is 7.60. The Hall–Kier alpha value is -2.22. The molecule has 106 valence electrons. The number of benzene rings is 1. The molecule has 8 heteroatoms. The highest BCUT2D eigenvalue weighted by atomic mass is 32.2. The molecule has 1 atom stereocenters. The van der Waals surface area contributed by atoms with Crippen LogP contribution in [0.5, 0.6) is 0 Å². The fourth-order valence-corrected chi connectivity index (χ4v) is 1.95. The van der Waals surface area contributed by atoms with Gasteiger partial charge in [-0.25, -0.2) is 13.2 Å². The highest BCUT2D eigenvalue weighted by Crippen LogP contribution is 2.23. The van der Waals surface area contributed by atoms with Crippen LogP contribution < -0.4 is 0 Å². The number of rotatable bonds is 4. The van der Waals surface area contributed by atoms with Gasteiger partial charge in [0.05, 0.1) is 5.56 Å². The third-order valence-electron chi connectivity index (χ3n) is 2.80. The van der Waals surface area contributed by atoms with Crippen molar-refractivity contribution in [2.24, 2.45) is 0 Å². The lowest BCUT2D eigenvalue weighted by Gasteiger charge is -2.01. The second-order valence-electron chi connectivity index (χ2n) is 4.31. The van der Waals surface area contributed by atoms with Crippen LogP contribution in [-0.4, -0.2) is 35.9 Å². The van der Waals surface area contributed by atoms with Crippen molar-refractivity contribution in [2.45, 2.75) is 12.2 Å². The molecule has 0 aliphatic heterocycles. The van der Waals surface area contributed by atoms with E-state index in [2.05, 4.69) is 10.1 Å². The molecule has 20 heavy (non-hydrogen) atoms. The minimum atomic E-state index is -3.34. The van der Waals surface area contributed by atoms with Crippen molar-refractivity contribution < 1.29 is 22.8 Å². The number of aromatic nitrogens is 2. The van der Waals surface area contributed by atoms with Crippen LogP contribution in [0.4, 0.5) is 0 Å². The summed E-state index contributed by atoms with van der Waals surface area (Å²) >= 11 is 0. The van der Waals surface area contributed by atoms with Crippen molar-refractivity contribution in [2.75, 3.05) is 6.26 Å². The molecule has 2 rings (SSSR count). The van der Waals surface area contributed by atoms with Gasteiger partial charge in [-0.2, -0.15) is 4.98 Å². The van der Waals surface area contributed by atoms with Crippen molar-refractivity contribution in [3.05, 3.63) is 35.7 Å². The topological polar surface area (TPSA) is 110 Å². The molecule has 1 heterocycles. The summed E-state index contributed by atoms with van der Waals surface area (Å²) in [7, 11) is -3.34. The summed E-state index contributed by atoms with van der Waals surface area (Å²) < 4.78 is 27.8. The second kappa shape index (κ2) is 5.04. The average molecular weight is 296 g/mol. The van der Waals surface area contributed by atoms with Crippen LogP contribution in [0, 0.1) is 0 Å². The monoisotopic (exact) mass is 296 g/mol. The zero-order valence-corrected chi connectivity index (χ0v) is 11.6. The Bertz CT molecular complexity index is 751. The molecule has 0 spiro atoms. The summed E-state index contributed by atoms with van der Waals surface area (Å²) in [6.45, 7) is 1.44. The average Bonchev–Trinajstić information content (AvgIpc) is 2.86. The summed E-state index contributed by atoms with van der Waals surface area (Å²) in [4.78, 5) is 14.9. The van der Waals surface area contributed by atoms with E-state index in [1.165, 1.54) is 19.1 Å². The Kier molecular flexibility index (Phi) is 3.58. The Morgan fingerprint density at radius 1 is 1.40 bits per heavy atom. The molecule has 1 unspecified atom stereocenters. The lowest BCUT2D eigenvalue weighted by Crippen LogP contribution is -2.07. The molecule has 1 aromatic heterocycles. The van der Waals surface area contributed by atoms with E-state index in [1.54, 1.807) is 12.1 Å². The predicted molar refractivity (Wildman–Crippen MR) is 70.0 cm³/mol. The second-order valence-corrected chi connectivity index (χ2v) is 6.68. The third-order valence-corrected chi connectivity index (χ3v) is 4.29. The van der Waals surface area contributed by atoms with Gasteiger partial charge in [0.25, 0.3) is 0 Å². The van der Waals surface area contributed by atoms with Crippen molar-refractivity contribution in [3.63, 3.8) is 0 Å². The Labute approximate surface area is 115 Å². The number of carboxylic acid groups (broad SMARTS) is 1. The number of carboxylic acids is 1. The maximum atomic E-state index is 11.4. The first-order chi connectivity index (χ1) is 9.29. The van der Waals surface area contributed by atoms with Gasteiger partial charge in [-0.05, 0) is 19.1 Å². The molecule has 1 N–H and O–H groups in total. The first-order valence-electron chi connectivity index (χ1n) is 5.65. The summed E-state index contributed by atoms with van der Waals surface area (Å²) in [6, 6.07) is 6.00. The molecule has 7 nitrogen and oxygen atoms in total. The van der Waals surface area contributed by atoms with Crippen LogP contribution in [-0.2, 0) is 9.84 Å². The van der Waals surface area contributed by atoms with Crippen LogP contribution in [0.1, 0.15) is 28.4 Å². The molecule has 0 amide bonds. The van der Waals surface area contributed by atoms with Crippen LogP contribution >= 0.6 is 0 Å². The first kappa shape index (κ1) is 14.2. The molecule has 2 aromatic rings. The summed E-state index contributed by atoms with van der Waals surface area (Å²) in [5.41, 5.74) is 0.533. The molecule has 0 aliphatic carbocycles. The maximum Gasteiger partial charge on any atom is 0.335 e. The van der Waals surface area contributed by atoms with E-state index in [0.29, 0.717) is 5.56 Å². The summed E-state index contributed by atoms with van der Waals surface area (Å²) in [5, 5.41) is 11.7. The largest absolute Gasteiger partial charge is 0.478 e. The van der Waals surface area contributed by atoms with Crippen LogP contribution in [0.15, 0.2) is 28.8 Å². The van der Waals surface area contributed by atoms with Gasteiger partial charge in [-0.1, -0.05) is 17.3 Å². The molecule has 0 saturated carbocycles. The van der Waals surface area contributed by atoms with Gasteiger partial charge in [0.15, 0.2) is 9.84 Å². The quantitative estimate of drug-likeness (QED) is 0.910. The zero-order valence-electron chi connectivity index (χ0n) is 10.8. The van der Waals surface area contributed by atoms with E-state index in [1.807, 2.05) is 0 Å².